The number of anilines is 1. The van der Waals surface area contributed by atoms with Crippen LogP contribution in [0.5, 0.6) is 0 Å². The lowest BCUT2D eigenvalue weighted by Crippen LogP contribution is -2.25. The lowest BCUT2D eigenvalue weighted by molar-refractivity contribution is 0.0356. The van der Waals surface area contributed by atoms with Crippen molar-refractivity contribution in [1.29, 1.82) is 0 Å². The lowest BCUT2D eigenvalue weighted by atomic mass is 9.99. The highest BCUT2D eigenvalue weighted by Gasteiger charge is 2.28. The molecule has 5 nitrogen and oxygen atoms in total. The highest BCUT2D eigenvalue weighted by molar-refractivity contribution is 5.34. The van der Waals surface area contributed by atoms with Crippen LogP contribution in [0.2, 0.25) is 0 Å². The van der Waals surface area contributed by atoms with Crippen LogP contribution in [0.25, 0.3) is 0 Å². The number of nitrogen functional groups attached to an aromatic ring is 1. The van der Waals surface area contributed by atoms with Crippen molar-refractivity contribution in [2.75, 3.05) is 25.4 Å². The molecule has 3 rings (SSSR count). The summed E-state index contributed by atoms with van der Waals surface area (Å²) in [5, 5.41) is 3.45. The van der Waals surface area contributed by atoms with Gasteiger partial charge >= 0.3 is 0 Å². The zero-order chi connectivity index (χ0) is 18.4. The van der Waals surface area contributed by atoms with E-state index in [1.165, 1.54) is 16.8 Å². The Morgan fingerprint density at radius 2 is 1.96 bits per heavy atom. The summed E-state index contributed by atoms with van der Waals surface area (Å²) in [6.07, 6.45) is 6.25. The molecule has 140 valence electrons. The summed E-state index contributed by atoms with van der Waals surface area (Å²) in [7, 11) is 0. The second-order valence-corrected chi connectivity index (χ2v) is 7.37. The number of hydrogen-bond acceptors (Lipinski definition) is 5. The quantitative estimate of drug-likeness (QED) is 0.713. The first-order chi connectivity index (χ1) is 12.6. The Labute approximate surface area is 156 Å². The maximum atomic E-state index is 6.17. The maximum absolute atomic E-state index is 6.17. The summed E-state index contributed by atoms with van der Waals surface area (Å²) < 4.78 is 6.17. The number of nitrogens with two attached hydrogens (primary N) is 1. The van der Waals surface area contributed by atoms with E-state index in [9.17, 15) is 0 Å². The molecule has 1 fully saturated rings. The summed E-state index contributed by atoms with van der Waals surface area (Å²) >= 11 is 0. The molecule has 2 aromatic heterocycles. The number of ether oxygens (including phenoxy) is 1. The Morgan fingerprint density at radius 1 is 1.12 bits per heavy atom. The second kappa shape index (κ2) is 9.10. The number of unbranched alkanes of at least 4 members (excludes halogenated alkanes) is 1. The van der Waals surface area contributed by atoms with Gasteiger partial charge in [0.15, 0.2) is 0 Å². The minimum Gasteiger partial charge on any atom is -0.384 e. The van der Waals surface area contributed by atoms with Gasteiger partial charge < -0.3 is 15.8 Å². The summed E-state index contributed by atoms with van der Waals surface area (Å²) in [5.41, 5.74) is 10.6. The predicted molar refractivity (Wildman–Crippen MR) is 105 cm³/mol. The van der Waals surface area contributed by atoms with Crippen LogP contribution in [-0.2, 0) is 17.6 Å². The van der Waals surface area contributed by atoms with Gasteiger partial charge in [-0.15, -0.1) is 0 Å². The van der Waals surface area contributed by atoms with E-state index in [-0.39, 0.29) is 6.10 Å². The highest BCUT2D eigenvalue weighted by atomic mass is 16.5. The number of aryl methyl sites for hydroxylation is 3. The van der Waals surface area contributed by atoms with E-state index in [1.54, 1.807) is 0 Å². The number of pyridine rings is 2. The summed E-state index contributed by atoms with van der Waals surface area (Å²) in [5.74, 6) is 1.07. The Kier molecular flexibility index (Phi) is 6.58. The Morgan fingerprint density at radius 3 is 2.77 bits per heavy atom. The second-order valence-electron chi connectivity index (χ2n) is 7.37. The van der Waals surface area contributed by atoms with E-state index >= 15 is 0 Å². The van der Waals surface area contributed by atoms with Crippen LogP contribution < -0.4 is 11.1 Å². The fourth-order valence-electron chi connectivity index (χ4n) is 3.63. The van der Waals surface area contributed by atoms with Crippen LogP contribution in [0.3, 0.4) is 0 Å². The molecule has 0 amide bonds. The first-order valence-electron chi connectivity index (χ1n) is 9.57. The third-order valence-corrected chi connectivity index (χ3v) is 4.92. The van der Waals surface area contributed by atoms with Gasteiger partial charge in [0.25, 0.3) is 0 Å². The smallest absolute Gasteiger partial charge is 0.123 e. The van der Waals surface area contributed by atoms with Crippen molar-refractivity contribution >= 4 is 5.82 Å². The van der Waals surface area contributed by atoms with Crippen molar-refractivity contribution in [3.63, 3.8) is 0 Å². The van der Waals surface area contributed by atoms with Crippen molar-refractivity contribution in [3.8, 4) is 0 Å². The summed E-state index contributed by atoms with van der Waals surface area (Å²) in [4.78, 5) is 8.89. The van der Waals surface area contributed by atoms with Crippen LogP contribution in [0, 0.1) is 19.8 Å². The fraction of sp³-hybridized carbons (Fsp3) is 0.524. The van der Waals surface area contributed by atoms with Crippen LogP contribution in [0.1, 0.15) is 35.4 Å². The zero-order valence-corrected chi connectivity index (χ0v) is 15.9. The number of rotatable bonds is 8. The van der Waals surface area contributed by atoms with E-state index in [0.29, 0.717) is 11.7 Å². The van der Waals surface area contributed by atoms with Crippen molar-refractivity contribution in [3.05, 3.63) is 53.0 Å². The molecule has 26 heavy (non-hydrogen) atoms. The normalized spacial score (nSPS) is 19.8. The molecular weight excluding hydrogens is 324 g/mol. The maximum Gasteiger partial charge on any atom is 0.123 e. The van der Waals surface area contributed by atoms with Crippen LogP contribution >= 0.6 is 0 Å². The number of nitrogens with one attached hydrogen (secondary N) is 1. The monoisotopic (exact) mass is 354 g/mol. The van der Waals surface area contributed by atoms with E-state index < -0.39 is 0 Å². The summed E-state index contributed by atoms with van der Waals surface area (Å²) in [6, 6.07) is 8.24. The van der Waals surface area contributed by atoms with Crippen LogP contribution in [0.4, 0.5) is 5.82 Å². The minimum absolute atomic E-state index is 0.260. The van der Waals surface area contributed by atoms with Crippen molar-refractivity contribution in [2.24, 2.45) is 5.92 Å². The molecule has 0 aliphatic carbocycles. The molecular formula is C21H30N4O. The van der Waals surface area contributed by atoms with Gasteiger partial charge in [-0.05, 0) is 74.9 Å². The van der Waals surface area contributed by atoms with Gasteiger partial charge in [0.1, 0.15) is 5.82 Å². The number of nitrogens with zero attached hydrogens (tertiary/aromatic N) is 2. The van der Waals surface area contributed by atoms with E-state index in [0.717, 1.165) is 51.1 Å². The lowest BCUT2D eigenvalue weighted by Gasteiger charge is -2.19. The third-order valence-electron chi connectivity index (χ3n) is 4.92. The largest absolute Gasteiger partial charge is 0.384 e. The molecule has 0 spiro atoms. The molecule has 2 unspecified atom stereocenters. The Balaban J connectivity index is 1.41. The molecule has 1 aliphatic rings. The Hall–Kier alpha value is -1.98. The van der Waals surface area contributed by atoms with Gasteiger partial charge in [-0.2, -0.15) is 0 Å². The molecule has 1 aliphatic heterocycles. The van der Waals surface area contributed by atoms with Crippen LogP contribution in [-0.4, -0.2) is 35.8 Å². The van der Waals surface area contributed by atoms with E-state index in [2.05, 4.69) is 41.3 Å². The standard InChI is InChI=1S/C21H30N4O/c1-15-6-7-24-18(9-15)5-3-4-8-26-20-14-23-13-17(20)12-19-10-16(2)11-21(22)25-19/h6-7,9-11,17,20,23H,3-5,8,12-14H2,1-2H3,(H2,22,25). The fourth-order valence-corrected chi connectivity index (χ4v) is 3.63. The number of aromatic nitrogens is 2. The van der Waals surface area contributed by atoms with Crippen molar-refractivity contribution in [2.45, 2.75) is 45.6 Å². The molecule has 2 atom stereocenters. The molecule has 2 aromatic rings. The number of hydrogen-bond donors (Lipinski definition) is 2. The average Bonchev–Trinajstić information content (AvgIpc) is 3.01. The molecule has 0 bridgehead atoms. The zero-order valence-electron chi connectivity index (χ0n) is 15.9. The third kappa shape index (κ3) is 5.51. The van der Waals surface area contributed by atoms with Gasteiger partial charge in [-0.1, -0.05) is 0 Å². The summed E-state index contributed by atoms with van der Waals surface area (Å²) in [6.45, 7) is 6.88. The predicted octanol–water partition coefficient (Wildman–Crippen LogP) is 2.85. The molecule has 5 heteroatoms. The van der Waals surface area contributed by atoms with Gasteiger partial charge in [0.05, 0.1) is 6.10 Å². The van der Waals surface area contributed by atoms with E-state index in [1.807, 2.05) is 18.3 Å². The molecule has 1 saturated heterocycles. The van der Waals surface area contributed by atoms with Gasteiger partial charge in [0.2, 0.25) is 0 Å². The molecule has 0 saturated carbocycles. The topological polar surface area (TPSA) is 73.1 Å². The Bertz CT molecular complexity index is 699. The molecule has 0 aromatic carbocycles. The SMILES string of the molecule is Cc1ccnc(CCCCOC2CNCC2Cc2cc(C)cc(N)n2)c1. The van der Waals surface area contributed by atoms with Crippen molar-refractivity contribution < 1.29 is 4.74 Å². The van der Waals surface area contributed by atoms with Gasteiger partial charge in [-0.25, -0.2) is 4.98 Å². The molecule has 3 heterocycles. The molecule has 3 N–H and O–H groups in total. The van der Waals surface area contributed by atoms with E-state index in [4.69, 9.17) is 10.5 Å². The first kappa shape index (κ1) is 18.8. The highest BCUT2D eigenvalue weighted by Crippen LogP contribution is 2.20. The molecule has 0 radical (unpaired) electrons. The van der Waals surface area contributed by atoms with Gasteiger partial charge in [0, 0.05) is 43.2 Å². The minimum atomic E-state index is 0.260. The van der Waals surface area contributed by atoms with Crippen molar-refractivity contribution in [1.82, 2.24) is 15.3 Å². The van der Waals surface area contributed by atoms with Crippen LogP contribution in [0.15, 0.2) is 30.5 Å². The average molecular weight is 354 g/mol. The van der Waals surface area contributed by atoms with Gasteiger partial charge in [-0.3, -0.25) is 4.98 Å². The first-order valence-corrected chi connectivity index (χ1v) is 9.57.